The molecule has 0 aromatic carbocycles. The molecule has 1 rings (SSSR count). The highest BCUT2D eigenvalue weighted by molar-refractivity contribution is 5.97. The molecule has 1 heterocycles. The average molecular weight is 131 g/mol. The summed E-state index contributed by atoms with van der Waals surface area (Å²) in [4.78, 5) is 21.4. The molecule has 0 bridgehead atoms. The minimum atomic E-state index is -0.775. The molecule has 0 atom stereocenters. The molecule has 0 spiro atoms. The molecule has 1 aliphatic rings. The van der Waals surface area contributed by atoms with Crippen LogP contribution in [0, 0.1) is 0 Å². The summed E-state index contributed by atoms with van der Waals surface area (Å²) in [6, 6.07) is 0. The maximum Gasteiger partial charge on any atom is 0.419 e. The molecule has 9 heavy (non-hydrogen) atoms. The van der Waals surface area contributed by atoms with Gasteiger partial charge < -0.3 is 9.84 Å². The van der Waals surface area contributed by atoms with Crippen molar-refractivity contribution in [1.29, 1.82) is 0 Å². The van der Waals surface area contributed by atoms with E-state index in [1.807, 2.05) is 0 Å². The topological polar surface area (TPSA) is 66.8 Å². The van der Waals surface area contributed by atoms with Gasteiger partial charge in [-0.25, -0.2) is 9.69 Å². The molecule has 1 saturated heterocycles. The average Bonchev–Trinajstić information content (AvgIpc) is 2.12. The first-order chi connectivity index (χ1) is 4.25. The lowest BCUT2D eigenvalue weighted by molar-refractivity contribution is -0.128. The molecule has 0 unspecified atom stereocenters. The van der Waals surface area contributed by atoms with E-state index < -0.39 is 18.7 Å². The quantitative estimate of drug-likeness (QED) is 0.491. The number of ether oxygens (including phenoxy) is 1. The molecule has 0 radical (unpaired) electrons. The van der Waals surface area contributed by atoms with E-state index in [1.54, 1.807) is 0 Å². The second kappa shape index (κ2) is 2.02. The smallest absolute Gasteiger partial charge is 0.419 e. The van der Waals surface area contributed by atoms with Crippen LogP contribution in [0.4, 0.5) is 4.79 Å². The Hall–Kier alpha value is -1.10. The SMILES string of the molecule is O=C1COC(=O)N1CO. The Bertz CT molecular complexity index is 139. The zero-order valence-electron chi connectivity index (χ0n) is 4.53. The van der Waals surface area contributed by atoms with E-state index in [9.17, 15) is 9.59 Å². The third kappa shape index (κ3) is 0.857. The van der Waals surface area contributed by atoms with Gasteiger partial charge in [0.1, 0.15) is 6.73 Å². The lowest BCUT2D eigenvalue weighted by atomic mass is 10.6. The molecule has 1 aliphatic heterocycles. The maximum absolute atomic E-state index is 10.4. The number of carbonyl (C=O) groups is 2. The van der Waals surface area contributed by atoms with Gasteiger partial charge in [0.25, 0.3) is 5.91 Å². The number of cyclic esters (lactones) is 1. The minimum Gasteiger partial charge on any atom is -0.439 e. The molecular formula is C4H5NO4. The molecule has 5 heteroatoms. The second-order valence-corrected chi connectivity index (χ2v) is 1.52. The number of aliphatic hydroxyl groups excluding tert-OH is 1. The molecule has 50 valence electrons. The molecule has 0 aromatic rings. The molecular weight excluding hydrogens is 126 g/mol. The number of imide groups is 1. The van der Waals surface area contributed by atoms with Crippen LogP contribution >= 0.6 is 0 Å². The van der Waals surface area contributed by atoms with Crippen molar-refractivity contribution in [2.45, 2.75) is 0 Å². The third-order valence-corrected chi connectivity index (χ3v) is 0.982. The summed E-state index contributed by atoms with van der Waals surface area (Å²) in [6.45, 7) is -0.850. The zero-order valence-corrected chi connectivity index (χ0v) is 4.53. The van der Waals surface area contributed by atoms with Gasteiger partial charge in [-0.05, 0) is 0 Å². The Balaban J connectivity index is 2.66. The van der Waals surface area contributed by atoms with Crippen LogP contribution in [0.1, 0.15) is 0 Å². The predicted octanol–water partition coefficient (Wildman–Crippen LogP) is -1.08. The summed E-state index contributed by atoms with van der Waals surface area (Å²) in [7, 11) is 0. The van der Waals surface area contributed by atoms with Crippen LogP contribution in [0.2, 0.25) is 0 Å². The van der Waals surface area contributed by atoms with Gasteiger partial charge in [0.15, 0.2) is 6.61 Å². The molecule has 0 aromatic heterocycles. The van der Waals surface area contributed by atoms with Gasteiger partial charge in [-0.1, -0.05) is 0 Å². The first-order valence-corrected chi connectivity index (χ1v) is 2.33. The van der Waals surface area contributed by atoms with E-state index in [0.717, 1.165) is 0 Å². The normalized spacial score (nSPS) is 18.6. The Labute approximate surface area is 50.8 Å². The number of rotatable bonds is 1. The maximum atomic E-state index is 10.4. The summed E-state index contributed by atoms with van der Waals surface area (Å²) in [5.74, 6) is -0.498. The summed E-state index contributed by atoms with van der Waals surface area (Å²) in [6.07, 6.45) is -0.775. The van der Waals surface area contributed by atoms with Crippen molar-refractivity contribution < 1.29 is 19.4 Å². The standard InChI is InChI=1S/C4H5NO4/c6-2-5-3(7)1-9-4(5)8/h6H,1-2H2. The largest absolute Gasteiger partial charge is 0.439 e. The lowest BCUT2D eigenvalue weighted by Gasteiger charge is -2.02. The fourth-order valence-electron chi connectivity index (χ4n) is 0.518. The fourth-order valence-corrected chi connectivity index (χ4v) is 0.518. The molecule has 0 aliphatic carbocycles. The highest BCUT2D eigenvalue weighted by Gasteiger charge is 2.29. The van der Waals surface area contributed by atoms with Crippen molar-refractivity contribution in [1.82, 2.24) is 4.90 Å². The van der Waals surface area contributed by atoms with Crippen LogP contribution in [0.25, 0.3) is 0 Å². The van der Waals surface area contributed by atoms with Gasteiger partial charge in [-0.15, -0.1) is 0 Å². The Morgan fingerprint density at radius 3 is 2.56 bits per heavy atom. The van der Waals surface area contributed by atoms with Crippen molar-refractivity contribution in [2.75, 3.05) is 13.3 Å². The van der Waals surface area contributed by atoms with Gasteiger partial charge >= 0.3 is 6.09 Å². The third-order valence-electron chi connectivity index (χ3n) is 0.982. The van der Waals surface area contributed by atoms with E-state index in [-0.39, 0.29) is 6.61 Å². The van der Waals surface area contributed by atoms with E-state index in [0.29, 0.717) is 4.90 Å². The number of hydrogen-bond acceptors (Lipinski definition) is 4. The van der Waals surface area contributed by atoms with E-state index in [4.69, 9.17) is 5.11 Å². The summed E-state index contributed by atoms with van der Waals surface area (Å²) in [5, 5.41) is 8.31. The molecule has 5 nitrogen and oxygen atoms in total. The fraction of sp³-hybridized carbons (Fsp3) is 0.500. The van der Waals surface area contributed by atoms with Gasteiger partial charge in [-0.3, -0.25) is 4.79 Å². The van der Waals surface area contributed by atoms with Crippen molar-refractivity contribution in [3.05, 3.63) is 0 Å². The molecule has 2 amide bonds. The number of nitrogens with zero attached hydrogens (tertiary/aromatic N) is 1. The van der Waals surface area contributed by atoms with Gasteiger partial charge in [0.05, 0.1) is 0 Å². The molecule has 1 N–H and O–H groups in total. The molecule has 0 saturated carbocycles. The van der Waals surface area contributed by atoms with Crippen molar-refractivity contribution in [3.8, 4) is 0 Å². The van der Waals surface area contributed by atoms with Crippen molar-refractivity contribution in [2.24, 2.45) is 0 Å². The number of carbonyl (C=O) groups excluding carboxylic acids is 2. The number of hydrogen-bond donors (Lipinski definition) is 1. The lowest BCUT2D eigenvalue weighted by Crippen LogP contribution is -2.29. The Morgan fingerprint density at radius 1 is 1.67 bits per heavy atom. The van der Waals surface area contributed by atoms with Crippen LogP contribution in [0.5, 0.6) is 0 Å². The number of amides is 2. The van der Waals surface area contributed by atoms with E-state index in [2.05, 4.69) is 4.74 Å². The van der Waals surface area contributed by atoms with E-state index in [1.165, 1.54) is 0 Å². The zero-order chi connectivity index (χ0) is 6.85. The summed E-state index contributed by atoms with van der Waals surface area (Å²) in [5.41, 5.74) is 0. The van der Waals surface area contributed by atoms with E-state index >= 15 is 0 Å². The Morgan fingerprint density at radius 2 is 2.33 bits per heavy atom. The number of aliphatic hydroxyl groups is 1. The van der Waals surface area contributed by atoms with Crippen LogP contribution in [-0.2, 0) is 9.53 Å². The van der Waals surface area contributed by atoms with Gasteiger partial charge in [0.2, 0.25) is 0 Å². The van der Waals surface area contributed by atoms with Crippen molar-refractivity contribution >= 4 is 12.0 Å². The van der Waals surface area contributed by atoms with Gasteiger partial charge in [-0.2, -0.15) is 0 Å². The second-order valence-electron chi connectivity index (χ2n) is 1.52. The van der Waals surface area contributed by atoms with Crippen LogP contribution < -0.4 is 0 Å². The van der Waals surface area contributed by atoms with Crippen LogP contribution in [-0.4, -0.2) is 35.3 Å². The van der Waals surface area contributed by atoms with Crippen LogP contribution in [0.3, 0.4) is 0 Å². The highest BCUT2D eigenvalue weighted by Crippen LogP contribution is 2.01. The Kier molecular flexibility index (Phi) is 1.35. The highest BCUT2D eigenvalue weighted by atomic mass is 16.6. The summed E-state index contributed by atoms with van der Waals surface area (Å²) < 4.78 is 4.25. The van der Waals surface area contributed by atoms with Crippen LogP contribution in [0.15, 0.2) is 0 Å². The molecule has 1 fully saturated rings. The summed E-state index contributed by atoms with van der Waals surface area (Å²) >= 11 is 0. The predicted molar refractivity (Wildman–Crippen MR) is 25.3 cm³/mol. The minimum absolute atomic E-state index is 0.251. The monoisotopic (exact) mass is 131 g/mol. The first-order valence-electron chi connectivity index (χ1n) is 2.33. The first kappa shape index (κ1) is 6.03. The van der Waals surface area contributed by atoms with Gasteiger partial charge in [0, 0.05) is 0 Å². The van der Waals surface area contributed by atoms with Crippen molar-refractivity contribution in [3.63, 3.8) is 0 Å².